The lowest BCUT2D eigenvalue weighted by molar-refractivity contribution is 0.0174. The van der Waals surface area contributed by atoms with Crippen molar-refractivity contribution in [3.63, 3.8) is 0 Å². The van der Waals surface area contributed by atoms with Crippen LogP contribution >= 0.6 is 0 Å². The molecule has 2 rings (SSSR count). The quantitative estimate of drug-likeness (QED) is 0.838. The maximum atomic E-state index is 13.6. The number of nitrogens with zero attached hydrogens (tertiary/aromatic N) is 1. The van der Waals surface area contributed by atoms with Crippen LogP contribution in [0.25, 0.3) is 0 Å². The van der Waals surface area contributed by atoms with Gasteiger partial charge in [0.25, 0.3) is 0 Å². The minimum Gasteiger partial charge on any atom is -0.381 e. The highest BCUT2D eigenvalue weighted by atomic mass is 32.2. The van der Waals surface area contributed by atoms with E-state index in [4.69, 9.17) is 4.74 Å². The fourth-order valence-corrected chi connectivity index (χ4v) is 3.94. The molecule has 0 aliphatic carbocycles. The number of sulfonamides is 1. The summed E-state index contributed by atoms with van der Waals surface area (Å²) in [6, 6.07) is 5.99. The summed E-state index contributed by atoms with van der Waals surface area (Å²) in [4.78, 5) is 0. The van der Waals surface area contributed by atoms with Crippen LogP contribution in [0, 0.1) is 11.2 Å². The van der Waals surface area contributed by atoms with Crippen LogP contribution in [0.4, 0.5) is 4.39 Å². The van der Waals surface area contributed by atoms with Crippen LogP contribution in [0.3, 0.4) is 0 Å². The Morgan fingerprint density at radius 1 is 1.29 bits per heavy atom. The summed E-state index contributed by atoms with van der Waals surface area (Å²) < 4.78 is 45.1. The SMILES string of the molecule is CN(CC1(C)CCOCC1)S(=O)(=O)Cc1ccccc1F. The van der Waals surface area contributed by atoms with Gasteiger partial charge in [0.15, 0.2) is 0 Å². The van der Waals surface area contributed by atoms with Gasteiger partial charge in [-0.05, 0) is 24.3 Å². The molecule has 0 spiro atoms. The van der Waals surface area contributed by atoms with Crippen LogP contribution in [0.2, 0.25) is 0 Å². The molecule has 1 saturated heterocycles. The molecule has 4 nitrogen and oxygen atoms in total. The number of ether oxygens (including phenoxy) is 1. The molecule has 1 aliphatic rings. The fraction of sp³-hybridized carbons (Fsp3) is 0.600. The molecular weight excluding hydrogens is 293 g/mol. The van der Waals surface area contributed by atoms with Gasteiger partial charge in [-0.2, -0.15) is 0 Å². The largest absolute Gasteiger partial charge is 0.381 e. The van der Waals surface area contributed by atoms with Gasteiger partial charge >= 0.3 is 0 Å². The van der Waals surface area contributed by atoms with Crippen molar-refractivity contribution in [3.05, 3.63) is 35.6 Å². The Balaban J connectivity index is 2.06. The average molecular weight is 315 g/mol. The fourth-order valence-electron chi connectivity index (χ4n) is 2.58. The Labute approximate surface area is 126 Å². The maximum Gasteiger partial charge on any atom is 0.218 e. The number of hydrogen-bond donors (Lipinski definition) is 0. The lowest BCUT2D eigenvalue weighted by Gasteiger charge is -2.36. The summed E-state index contributed by atoms with van der Waals surface area (Å²) in [6.07, 6.45) is 1.68. The molecule has 1 aromatic carbocycles. The van der Waals surface area contributed by atoms with Gasteiger partial charge in [-0.1, -0.05) is 25.1 Å². The van der Waals surface area contributed by atoms with Crippen LogP contribution in [0.5, 0.6) is 0 Å². The highest BCUT2D eigenvalue weighted by Crippen LogP contribution is 2.31. The van der Waals surface area contributed by atoms with E-state index in [0.717, 1.165) is 12.8 Å². The minimum absolute atomic E-state index is 0.0741. The van der Waals surface area contributed by atoms with Gasteiger partial charge in [-0.15, -0.1) is 0 Å². The normalized spacial score (nSPS) is 18.9. The van der Waals surface area contributed by atoms with E-state index in [1.165, 1.54) is 16.4 Å². The molecule has 0 saturated carbocycles. The molecule has 0 atom stereocenters. The molecule has 1 aliphatic heterocycles. The second-order valence-electron chi connectivity index (χ2n) is 6.03. The van der Waals surface area contributed by atoms with Crippen LogP contribution in [0.1, 0.15) is 25.3 Å². The monoisotopic (exact) mass is 315 g/mol. The molecule has 118 valence electrons. The summed E-state index contributed by atoms with van der Waals surface area (Å²) in [5.41, 5.74) is 0.136. The molecule has 0 unspecified atom stereocenters. The van der Waals surface area contributed by atoms with Crippen molar-refractivity contribution in [1.82, 2.24) is 4.31 Å². The van der Waals surface area contributed by atoms with Gasteiger partial charge in [0.1, 0.15) is 5.82 Å². The van der Waals surface area contributed by atoms with Gasteiger partial charge in [-0.25, -0.2) is 17.1 Å². The van der Waals surface area contributed by atoms with Crippen molar-refractivity contribution in [2.24, 2.45) is 5.41 Å². The molecule has 6 heteroatoms. The Bertz CT molecular complexity index is 582. The summed E-state index contributed by atoms with van der Waals surface area (Å²) in [5.74, 6) is -0.783. The third-order valence-corrected chi connectivity index (χ3v) is 5.83. The second kappa shape index (κ2) is 6.42. The van der Waals surface area contributed by atoms with Crippen LogP contribution < -0.4 is 0 Å². The number of rotatable bonds is 5. The van der Waals surface area contributed by atoms with Gasteiger partial charge in [0, 0.05) is 32.4 Å². The molecule has 1 heterocycles. The van der Waals surface area contributed by atoms with E-state index in [0.29, 0.717) is 19.8 Å². The maximum absolute atomic E-state index is 13.6. The van der Waals surface area contributed by atoms with E-state index in [1.807, 2.05) is 0 Å². The van der Waals surface area contributed by atoms with E-state index in [9.17, 15) is 12.8 Å². The molecule has 0 aromatic heterocycles. The summed E-state index contributed by atoms with van der Waals surface area (Å²) in [7, 11) is -1.95. The summed E-state index contributed by atoms with van der Waals surface area (Å²) in [5, 5.41) is 0. The van der Waals surface area contributed by atoms with E-state index in [2.05, 4.69) is 6.92 Å². The van der Waals surface area contributed by atoms with Crippen molar-refractivity contribution in [1.29, 1.82) is 0 Å². The zero-order chi connectivity index (χ0) is 15.5. The molecule has 1 aromatic rings. The number of benzene rings is 1. The number of halogens is 1. The second-order valence-corrected chi connectivity index (χ2v) is 8.10. The van der Waals surface area contributed by atoms with Gasteiger partial charge in [0.2, 0.25) is 10.0 Å². The highest BCUT2D eigenvalue weighted by Gasteiger charge is 2.32. The van der Waals surface area contributed by atoms with E-state index >= 15 is 0 Å². The van der Waals surface area contributed by atoms with Crippen molar-refractivity contribution in [2.45, 2.75) is 25.5 Å². The first-order valence-corrected chi connectivity index (χ1v) is 8.69. The Hall–Kier alpha value is -0.980. The lowest BCUT2D eigenvalue weighted by atomic mass is 9.82. The Morgan fingerprint density at radius 3 is 2.52 bits per heavy atom. The van der Waals surface area contributed by atoms with Crippen molar-refractivity contribution < 1.29 is 17.5 Å². The molecule has 0 amide bonds. The first-order chi connectivity index (χ1) is 9.82. The van der Waals surface area contributed by atoms with Crippen LogP contribution in [0.15, 0.2) is 24.3 Å². The standard InChI is InChI=1S/C15H22FNO3S/c1-15(7-9-20-10-8-15)12-17(2)21(18,19)11-13-5-3-4-6-14(13)16/h3-6H,7-12H2,1-2H3. The summed E-state index contributed by atoms with van der Waals surface area (Å²) in [6.45, 7) is 3.84. The predicted molar refractivity (Wildman–Crippen MR) is 79.8 cm³/mol. The zero-order valence-corrected chi connectivity index (χ0v) is 13.3. The number of hydrogen-bond acceptors (Lipinski definition) is 3. The van der Waals surface area contributed by atoms with Crippen molar-refractivity contribution >= 4 is 10.0 Å². The lowest BCUT2D eigenvalue weighted by Crippen LogP contribution is -2.41. The average Bonchev–Trinajstić information content (AvgIpc) is 2.41. The molecule has 1 fully saturated rings. The minimum atomic E-state index is -3.52. The van der Waals surface area contributed by atoms with Crippen molar-refractivity contribution in [2.75, 3.05) is 26.8 Å². The van der Waals surface area contributed by atoms with Crippen molar-refractivity contribution in [3.8, 4) is 0 Å². The topological polar surface area (TPSA) is 46.6 Å². The third kappa shape index (κ3) is 4.25. The molecule has 21 heavy (non-hydrogen) atoms. The molecule has 0 N–H and O–H groups in total. The van der Waals surface area contributed by atoms with Gasteiger partial charge in [-0.3, -0.25) is 0 Å². The van der Waals surface area contributed by atoms with Gasteiger partial charge in [0.05, 0.1) is 5.75 Å². The van der Waals surface area contributed by atoms with E-state index in [1.54, 1.807) is 19.2 Å². The predicted octanol–water partition coefficient (Wildman–Crippen LogP) is 2.40. The summed E-state index contributed by atoms with van der Waals surface area (Å²) >= 11 is 0. The van der Waals surface area contributed by atoms with E-state index in [-0.39, 0.29) is 16.7 Å². The van der Waals surface area contributed by atoms with Crippen LogP contribution in [-0.4, -0.2) is 39.5 Å². The molecule has 0 bridgehead atoms. The van der Waals surface area contributed by atoms with Crippen LogP contribution in [-0.2, 0) is 20.5 Å². The smallest absolute Gasteiger partial charge is 0.218 e. The zero-order valence-electron chi connectivity index (χ0n) is 12.5. The third-order valence-electron chi connectivity index (χ3n) is 4.07. The Kier molecular flexibility index (Phi) is 5.01. The van der Waals surface area contributed by atoms with Gasteiger partial charge < -0.3 is 4.74 Å². The first kappa shape index (κ1) is 16.4. The highest BCUT2D eigenvalue weighted by molar-refractivity contribution is 7.88. The first-order valence-electron chi connectivity index (χ1n) is 7.08. The Morgan fingerprint density at radius 2 is 1.90 bits per heavy atom. The molecular formula is C15H22FNO3S. The van der Waals surface area contributed by atoms with E-state index < -0.39 is 15.8 Å². The molecule has 0 radical (unpaired) electrons.